The average molecular weight is 261 g/mol. The third kappa shape index (κ3) is 94.8. The van der Waals surface area contributed by atoms with Crippen LogP contribution in [0.2, 0.25) is 0 Å². The predicted octanol–water partition coefficient (Wildman–Crippen LogP) is -6.18. The first-order valence-corrected chi connectivity index (χ1v) is 2.35. The van der Waals surface area contributed by atoms with Gasteiger partial charge in [-0.2, -0.15) is 0 Å². The van der Waals surface area contributed by atoms with E-state index in [1.807, 2.05) is 0 Å². The van der Waals surface area contributed by atoms with E-state index in [2.05, 4.69) is 0 Å². The van der Waals surface area contributed by atoms with Crippen molar-refractivity contribution < 1.29 is 39.5 Å². The van der Waals surface area contributed by atoms with Gasteiger partial charge in [0.2, 0.25) is 0 Å². The molecule has 0 saturated carbocycles. The van der Waals surface area contributed by atoms with E-state index in [9.17, 15) is 0 Å². The molecular formula is H10AlLiO4PSb. The third-order valence-corrected chi connectivity index (χ3v) is 0. The van der Waals surface area contributed by atoms with Crippen LogP contribution in [0.4, 0.5) is 0 Å². The van der Waals surface area contributed by atoms with Crippen LogP contribution >= 0.6 is 7.82 Å². The van der Waals surface area contributed by atoms with E-state index in [4.69, 9.17) is 19.2 Å². The summed E-state index contributed by atoms with van der Waals surface area (Å²) in [5.74, 6) is 0. The van der Waals surface area contributed by atoms with Gasteiger partial charge in [0, 0.05) is 0 Å². The molecule has 4 nitrogen and oxygen atoms in total. The summed E-state index contributed by atoms with van der Waals surface area (Å²) in [4.78, 5) is 21.6. The summed E-state index contributed by atoms with van der Waals surface area (Å²) < 4.78 is 8.88. The van der Waals surface area contributed by atoms with Crippen LogP contribution in [0.5, 0.6) is 0 Å². The van der Waals surface area contributed by atoms with Gasteiger partial charge in [-0.25, -0.2) is 4.57 Å². The normalized spacial score (nSPS) is 7.38. The molecule has 0 saturated heterocycles. The van der Waals surface area contributed by atoms with Crippen LogP contribution < -0.4 is 18.9 Å². The van der Waals surface area contributed by atoms with Gasteiger partial charge >= 0.3 is 51.1 Å². The van der Waals surface area contributed by atoms with Gasteiger partial charge in [0.1, 0.15) is 0 Å². The van der Waals surface area contributed by atoms with Crippen molar-refractivity contribution in [3.63, 3.8) is 0 Å². The average Bonchev–Trinajstić information content (AvgIpc) is 0.722. The molecule has 0 aromatic carbocycles. The first-order valence-electron chi connectivity index (χ1n) is 0.783. The van der Waals surface area contributed by atoms with Crippen LogP contribution in [0.3, 0.4) is 0 Å². The quantitative estimate of drug-likeness (QED) is 0.299. The Morgan fingerprint density at radius 1 is 1.25 bits per heavy atom. The van der Waals surface area contributed by atoms with E-state index in [0.29, 0.717) is 0 Å². The van der Waals surface area contributed by atoms with Crippen LogP contribution in [0.15, 0.2) is 0 Å². The van der Waals surface area contributed by atoms with E-state index in [0.717, 1.165) is 0 Å². The Hall–Kier alpha value is 2.06. The summed E-state index contributed by atoms with van der Waals surface area (Å²) in [6.07, 6.45) is 0. The Balaban J connectivity index is -0.0000000133. The van der Waals surface area contributed by atoms with Gasteiger partial charge in [0.15, 0.2) is 17.4 Å². The van der Waals surface area contributed by atoms with Crippen molar-refractivity contribution in [2.75, 3.05) is 0 Å². The summed E-state index contributed by atoms with van der Waals surface area (Å²) in [5, 5.41) is 0. The van der Waals surface area contributed by atoms with Crippen LogP contribution in [0.1, 0.15) is 1.43 Å². The predicted molar refractivity (Wildman–Crippen MR) is 35.3 cm³/mol. The second-order valence-electron chi connectivity index (χ2n) is 0.513. The minimum atomic E-state index is -4.64. The SMILES string of the molecule is O=P(O)(O)O.[AlH3].[H-].[Li+].[SbH3]. The maximum absolute atomic E-state index is 8.88. The van der Waals surface area contributed by atoms with Gasteiger partial charge in [-0.05, 0) is 0 Å². The fraction of sp³-hybridized carbons (Fsp3) is 0. The molecule has 0 bridgehead atoms. The third-order valence-electron chi connectivity index (χ3n) is 0. The van der Waals surface area contributed by atoms with Crippen LogP contribution in [0, 0.1) is 0 Å². The molecule has 0 rings (SSSR count). The zero-order valence-electron chi connectivity index (χ0n) is 4.90. The molecule has 0 aromatic heterocycles. The number of hydrogen-bond acceptors (Lipinski definition) is 1. The minimum absolute atomic E-state index is 0. The number of hydrogen-bond donors (Lipinski definition) is 3. The van der Waals surface area contributed by atoms with E-state index in [1.165, 1.54) is 0 Å². The maximum atomic E-state index is 8.88. The monoisotopic (exact) mass is 260 g/mol. The molecule has 0 aliphatic heterocycles. The summed E-state index contributed by atoms with van der Waals surface area (Å²) >= 11 is 0. The van der Waals surface area contributed by atoms with E-state index in [-0.39, 0.29) is 62.1 Å². The van der Waals surface area contributed by atoms with Crippen molar-refractivity contribution in [1.82, 2.24) is 0 Å². The Labute approximate surface area is 88.5 Å². The van der Waals surface area contributed by atoms with Crippen molar-refractivity contribution in [1.29, 1.82) is 0 Å². The molecular weight excluding hydrogens is 251 g/mol. The molecule has 0 fully saturated rings. The van der Waals surface area contributed by atoms with Gasteiger partial charge in [-0.1, -0.05) is 0 Å². The van der Waals surface area contributed by atoms with Crippen molar-refractivity contribution in [3.05, 3.63) is 0 Å². The molecule has 0 unspecified atom stereocenters. The Morgan fingerprint density at radius 3 is 1.25 bits per heavy atom. The molecule has 8 heavy (non-hydrogen) atoms. The van der Waals surface area contributed by atoms with Crippen molar-refractivity contribution in [2.45, 2.75) is 0 Å². The number of rotatable bonds is 0. The Kier molecular flexibility index (Phi) is 25.5. The second kappa shape index (κ2) is 9.06. The molecule has 48 valence electrons. The molecule has 0 spiro atoms. The fourth-order valence-electron chi connectivity index (χ4n) is 0. The van der Waals surface area contributed by atoms with Crippen molar-refractivity contribution in [2.24, 2.45) is 0 Å². The topological polar surface area (TPSA) is 77.8 Å². The molecule has 0 aliphatic rings. The van der Waals surface area contributed by atoms with Crippen LogP contribution in [-0.4, -0.2) is 56.5 Å². The zero-order chi connectivity index (χ0) is 4.50. The second-order valence-corrected chi connectivity index (χ2v) is 1.54. The number of phosphoric acid groups is 1. The zero-order valence-corrected chi connectivity index (χ0v) is 8.83. The molecule has 0 aliphatic carbocycles. The summed E-state index contributed by atoms with van der Waals surface area (Å²) in [6, 6.07) is 0. The molecule has 0 heterocycles. The standard InChI is InChI=1S/Al.Li.H3O4P.Sb.7H/c;;1-5(2,3)4;;;;;;;;/h;;(H3,1,2,3,4);;;;;;;;/q;+1;;;;;;;;;-1. The van der Waals surface area contributed by atoms with Crippen LogP contribution in [0.25, 0.3) is 0 Å². The Morgan fingerprint density at radius 2 is 1.25 bits per heavy atom. The Bertz CT molecular complexity index is 66.7. The van der Waals surface area contributed by atoms with Gasteiger partial charge < -0.3 is 16.1 Å². The molecule has 8 heteroatoms. The first-order chi connectivity index (χ1) is 2.00. The molecule has 0 radical (unpaired) electrons. The van der Waals surface area contributed by atoms with Crippen molar-refractivity contribution in [3.8, 4) is 0 Å². The van der Waals surface area contributed by atoms with Crippen LogP contribution in [-0.2, 0) is 4.57 Å². The van der Waals surface area contributed by atoms with Gasteiger partial charge in [-0.3, -0.25) is 0 Å². The van der Waals surface area contributed by atoms with Gasteiger partial charge in [-0.15, -0.1) is 0 Å². The van der Waals surface area contributed by atoms with Gasteiger partial charge in [0.05, 0.1) is 0 Å². The van der Waals surface area contributed by atoms with Gasteiger partial charge in [0.25, 0.3) is 0 Å². The molecule has 0 amide bonds. The molecule has 3 N–H and O–H groups in total. The van der Waals surface area contributed by atoms with Crippen molar-refractivity contribution >= 4 is 49.6 Å². The molecule has 0 atom stereocenters. The fourth-order valence-corrected chi connectivity index (χ4v) is 0. The van der Waals surface area contributed by atoms with E-state index in [1.54, 1.807) is 0 Å². The first kappa shape index (κ1) is 22.5. The summed E-state index contributed by atoms with van der Waals surface area (Å²) in [6.45, 7) is 0. The van der Waals surface area contributed by atoms with E-state index < -0.39 is 7.82 Å². The summed E-state index contributed by atoms with van der Waals surface area (Å²) in [7, 11) is -4.64. The summed E-state index contributed by atoms with van der Waals surface area (Å²) in [5.41, 5.74) is 0. The molecule has 0 aromatic rings. The van der Waals surface area contributed by atoms with E-state index >= 15 is 0 Å².